The molecule has 0 radical (unpaired) electrons. The average Bonchev–Trinajstić information content (AvgIpc) is 2.59. The van der Waals surface area contributed by atoms with Crippen LogP contribution in [0.1, 0.15) is 5.56 Å². The SMILES string of the molecule is COC[C@H]1O[C@@H]2Oc3ccc4ccccc4c3CC2=C[C@H]1OC. The fraction of sp³-hybridized carbons (Fsp3) is 0.368. The summed E-state index contributed by atoms with van der Waals surface area (Å²) in [6.45, 7) is 0.479. The van der Waals surface area contributed by atoms with E-state index in [0.29, 0.717) is 6.61 Å². The van der Waals surface area contributed by atoms with Gasteiger partial charge in [0.15, 0.2) is 0 Å². The molecule has 2 heterocycles. The molecule has 2 aromatic rings. The summed E-state index contributed by atoms with van der Waals surface area (Å²) in [5.41, 5.74) is 2.34. The zero-order valence-corrected chi connectivity index (χ0v) is 13.3. The molecule has 0 spiro atoms. The Morgan fingerprint density at radius 2 is 2.00 bits per heavy atom. The van der Waals surface area contributed by atoms with Gasteiger partial charge in [0.1, 0.15) is 18.0 Å². The van der Waals surface area contributed by atoms with Crippen LogP contribution in [0.5, 0.6) is 5.75 Å². The molecule has 4 rings (SSSR count). The number of ether oxygens (including phenoxy) is 4. The van der Waals surface area contributed by atoms with Crippen LogP contribution in [-0.2, 0) is 20.6 Å². The third-order valence-corrected chi connectivity index (χ3v) is 4.56. The van der Waals surface area contributed by atoms with E-state index in [4.69, 9.17) is 18.9 Å². The van der Waals surface area contributed by atoms with Crippen molar-refractivity contribution >= 4 is 10.8 Å². The molecule has 3 atom stereocenters. The highest BCUT2D eigenvalue weighted by Crippen LogP contribution is 2.38. The first-order valence-corrected chi connectivity index (χ1v) is 7.85. The van der Waals surface area contributed by atoms with Gasteiger partial charge in [-0.1, -0.05) is 30.3 Å². The molecule has 4 nitrogen and oxygen atoms in total. The topological polar surface area (TPSA) is 36.9 Å². The van der Waals surface area contributed by atoms with Crippen molar-refractivity contribution in [2.24, 2.45) is 0 Å². The van der Waals surface area contributed by atoms with Crippen molar-refractivity contribution in [2.45, 2.75) is 24.9 Å². The van der Waals surface area contributed by atoms with E-state index in [1.165, 1.54) is 16.3 Å². The zero-order valence-electron chi connectivity index (χ0n) is 13.3. The molecule has 0 amide bonds. The zero-order chi connectivity index (χ0) is 15.8. The van der Waals surface area contributed by atoms with Gasteiger partial charge >= 0.3 is 0 Å². The van der Waals surface area contributed by atoms with Gasteiger partial charge in [-0.3, -0.25) is 0 Å². The molecule has 120 valence electrons. The van der Waals surface area contributed by atoms with Crippen molar-refractivity contribution in [3.63, 3.8) is 0 Å². The monoisotopic (exact) mass is 312 g/mol. The van der Waals surface area contributed by atoms with Gasteiger partial charge in [-0.25, -0.2) is 0 Å². The molecule has 0 saturated carbocycles. The molecule has 0 aliphatic carbocycles. The van der Waals surface area contributed by atoms with Crippen LogP contribution >= 0.6 is 0 Å². The van der Waals surface area contributed by atoms with Gasteiger partial charge in [-0.2, -0.15) is 0 Å². The Hall–Kier alpha value is -1.88. The van der Waals surface area contributed by atoms with E-state index in [1.54, 1.807) is 14.2 Å². The maximum Gasteiger partial charge on any atom is 0.223 e. The van der Waals surface area contributed by atoms with Crippen molar-refractivity contribution in [3.05, 3.63) is 53.6 Å². The molecule has 2 aromatic carbocycles. The lowest BCUT2D eigenvalue weighted by atomic mass is 9.92. The maximum atomic E-state index is 6.11. The van der Waals surface area contributed by atoms with Gasteiger partial charge in [0, 0.05) is 31.8 Å². The van der Waals surface area contributed by atoms with Crippen LogP contribution in [0.15, 0.2) is 48.0 Å². The maximum absolute atomic E-state index is 6.11. The van der Waals surface area contributed by atoms with E-state index in [0.717, 1.165) is 17.7 Å². The highest BCUT2D eigenvalue weighted by atomic mass is 16.7. The lowest BCUT2D eigenvalue weighted by Crippen LogP contribution is -2.45. The highest BCUT2D eigenvalue weighted by Gasteiger charge is 2.36. The van der Waals surface area contributed by atoms with E-state index in [1.807, 2.05) is 6.07 Å². The van der Waals surface area contributed by atoms with Crippen LogP contribution in [-0.4, -0.2) is 39.3 Å². The Balaban J connectivity index is 1.73. The van der Waals surface area contributed by atoms with Crippen LogP contribution in [0.4, 0.5) is 0 Å². The Morgan fingerprint density at radius 1 is 1.13 bits per heavy atom. The normalized spacial score (nSPS) is 26.2. The summed E-state index contributed by atoms with van der Waals surface area (Å²) in [6.07, 6.45) is 2.33. The minimum atomic E-state index is -0.352. The molecule has 0 unspecified atom stereocenters. The standard InChI is InChI=1S/C19H20O4/c1-20-11-18-17(21-2)10-13-9-15-14-6-4-3-5-12(14)7-8-16(15)22-19(13)23-18/h3-8,10,17-19H,9,11H2,1-2H3/t17-,18-,19+/m1/s1. The number of hydrogen-bond acceptors (Lipinski definition) is 4. The second kappa shape index (κ2) is 5.96. The summed E-state index contributed by atoms with van der Waals surface area (Å²) in [5.74, 6) is 0.901. The first-order valence-electron chi connectivity index (χ1n) is 7.85. The fourth-order valence-corrected chi connectivity index (χ4v) is 3.41. The summed E-state index contributed by atoms with van der Waals surface area (Å²) >= 11 is 0. The molecule has 2 aliphatic rings. The predicted molar refractivity (Wildman–Crippen MR) is 87.7 cm³/mol. The molecular weight excluding hydrogens is 292 g/mol. The Bertz CT molecular complexity index is 752. The van der Waals surface area contributed by atoms with Crippen molar-refractivity contribution in [3.8, 4) is 5.75 Å². The van der Waals surface area contributed by atoms with Gasteiger partial charge in [0.25, 0.3) is 0 Å². The van der Waals surface area contributed by atoms with E-state index in [-0.39, 0.29) is 18.5 Å². The Morgan fingerprint density at radius 3 is 2.83 bits per heavy atom. The van der Waals surface area contributed by atoms with Crippen LogP contribution in [0.3, 0.4) is 0 Å². The fourth-order valence-electron chi connectivity index (χ4n) is 3.41. The minimum absolute atomic E-state index is 0.110. The second-order valence-electron chi connectivity index (χ2n) is 5.96. The number of fused-ring (bicyclic) bond motifs is 4. The molecule has 23 heavy (non-hydrogen) atoms. The van der Waals surface area contributed by atoms with Crippen LogP contribution in [0.2, 0.25) is 0 Å². The number of benzene rings is 2. The third kappa shape index (κ3) is 2.53. The van der Waals surface area contributed by atoms with E-state index >= 15 is 0 Å². The second-order valence-corrected chi connectivity index (χ2v) is 5.96. The van der Waals surface area contributed by atoms with Crippen LogP contribution in [0, 0.1) is 0 Å². The lowest BCUT2D eigenvalue weighted by molar-refractivity contribution is -0.161. The van der Waals surface area contributed by atoms with Crippen LogP contribution in [0.25, 0.3) is 10.8 Å². The molecule has 4 heteroatoms. The van der Waals surface area contributed by atoms with E-state index in [9.17, 15) is 0 Å². The summed E-state index contributed by atoms with van der Waals surface area (Å²) < 4.78 is 22.9. The van der Waals surface area contributed by atoms with E-state index in [2.05, 4.69) is 36.4 Å². The summed E-state index contributed by atoms with van der Waals surface area (Å²) in [5, 5.41) is 2.46. The quantitative estimate of drug-likeness (QED) is 0.816. The Labute approximate surface area is 135 Å². The van der Waals surface area contributed by atoms with Gasteiger partial charge in [-0.05, 0) is 22.9 Å². The summed E-state index contributed by atoms with van der Waals surface area (Å²) in [7, 11) is 3.36. The molecule has 0 fully saturated rings. The third-order valence-electron chi connectivity index (χ3n) is 4.56. The molecule has 2 aliphatic heterocycles. The van der Waals surface area contributed by atoms with Gasteiger partial charge in [0.2, 0.25) is 6.29 Å². The molecule has 0 saturated heterocycles. The van der Waals surface area contributed by atoms with Crippen molar-refractivity contribution < 1.29 is 18.9 Å². The molecular formula is C19H20O4. The van der Waals surface area contributed by atoms with Gasteiger partial charge in [-0.15, -0.1) is 0 Å². The number of methoxy groups -OCH3 is 2. The largest absolute Gasteiger partial charge is 0.461 e. The summed E-state index contributed by atoms with van der Waals surface area (Å²) in [4.78, 5) is 0. The first-order chi connectivity index (χ1) is 11.3. The Kier molecular flexibility index (Phi) is 3.81. The average molecular weight is 312 g/mol. The smallest absolute Gasteiger partial charge is 0.223 e. The molecule has 0 aromatic heterocycles. The van der Waals surface area contributed by atoms with Crippen molar-refractivity contribution in [1.82, 2.24) is 0 Å². The van der Waals surface area contributed by atoms with Gasteiger partial charge in [0.05, 0.1) is 6.61 Å². The molecule has 0 bridgehead atoms. The van der Waals surface area contributed by atoms with E-state index < -0.39 is 0 Å². The lowest BCUT2D eigenvalue weighted by Gasteiger charge is -2.38. The first kappa shape index (κ1) is 14.7. The molecule has 0 N–H and O–H groups in total. The predicted octanol–water partition coefficient (Wildman–Crippen LogP) is 3.09. The van der Waals surface area contributed by atoms with Gasteiger partial charge < -0.3 is 18.9 Å². The van der Waals surface area contributed by atoms with Crippen molar-refractivity contribution in [1.29, 1.82) is 0 Å². The summed E-state index contributed by atoms with van der Waals surface area (Å²) in [6, 6.07) is 12.5. The van der Waals surface area contributed by atoms with Crippen molar-refractivity contribution in [2.75, 3.05) is 20.8 Å². The number of hydrogen-bond donors (Lipinski definition) is 0. The van der Waals surface area contributed by atoms with Crippen LogP contribution < -0.4 is 4.74 Å². The minimum Gasteiger partial charge on any atom is -0.461 e. The number of rotatable bonds is 3. The highest BCUT2D eigenvalue weighted by molar-refractivity contribution is 5.88.